The van der Waals surface area contributed by atoms with Gasteiger partial charge < -0.3 is 10.2 Å². The minimum atomic E-state index is 0.743. The molecule has 1 aromatic rings. The van der Waals surface area contributed by atoms with Gasteiger partial charge >= 0.3 is 0 Å². The molecule has 0 radical (unpaired) electrons. The molecule has 1 aromatic heterocycles. The van der Waals surface area contributed by atoms with Crippen LogP contribution < -0.4 is 5.32 Å². The van der Waals surface area contributed by atoms with E-state index in [0.29, 0.717) is 0 Å². The number of thiophene rings is 1. The molecule has 0 unspecified atom stereocenters. The molecule has 3 rings (SSSR count). The number of hydrogen-bond donors (Lipinski definition) is 1. The van der Waals surface area contributed by atoms with Crippen LogP contribution in [-0.4, -0.2) is 30.1 Å². The van der Waals surface area contributed by atoms with Crippen molar-refractivity contribution in [2.75, 3.05) is 13.1 Å². The van der Waals surface area contributed by atoms with E-state index in [0.717, 1.165) is 18.6 Å². The Labute approximate surface area is 114 Å². The summed E-state index contributed by atoms with van der Waals surface area (Å²) in [4.78, 5) is 5.70. The van der Waals surface area contributed by atoms with Crippen LogP contribution in [-0.2, 0) is 13.0 Å². The third-order valence-electron chi connectivity index (χ3n) is 4.22. The van der Waals surface area contributed by atoms with Crippen molar-refractivity contribution in [2.24, 2.45) is 0 Å². The van der Waals surface area contributed by atoms with Gasteiger partial charge in [-0.15, -0.1) is 11.3 Å². The summed E-state index contributed by atoms with van der Waals surface area (Å²) in [6.45, 7) is 5.93. The summed E-state index contributed by atoms with van der Waals surface area (Å²) < 4.78 is 0. The molecule has 1 aliphatic carbocycles. The van der Waals surface area contributed by atoms with E-state index < -0.39 is 0 Å². The van der Waals surface area contributed by atoms with Gasteiger partial charge in [-0.2, -0.15) is 0 Å². The van der Waals surface area contributed by atoms with Gasteiger partial charge in [-0.3, -0.25) is 0 Å². The first-order valence-electron chi connectivity index (χ1n) is 7.40. The third-order valence-corrected chi connectivity index (χ3v) is 5.45. The topological polar surface area (TPSA) is 15.3 Å². The fraction of sp³-hybridized carbons (Fsp3) is 0.733. The van der Waals surface area contributed by atoms with Crippen molar-refractivity contribution < 1.29 is 0 Å². The highest BCUT2D eigenvalue weighted by molar-refractivity contribution is 7.11. The number of rotatable bonds is 5. The van der Waals surface area contributed by atoms with E-state index in [-0.39, 0.29) is 0 Å². The molecule has 0 bridgehead atoms. The quantitative estimate of drug-likeness (QED) is 0.879. The second-order valence-electron chi connectivity index (χ2n) is 5.64. The van der Waals surface area contributed by atoms with Gasteiger partial charge in [0.1, 0.15) is 0 Å². The maximum Gasteiger partial charge on any atom is 0.0302 e. The first-order chi connectivity index (χ1) is 8.85. The van der Waals surface area contributed by atoms with Crippen LogP contribution in [0, 0.1) is 0 Å². The molecule has 100 valence electrons. The molecule has 1 N–H and O–H groups in total. The van der Waals surface area contributed by atoms with E-state index in [1.165, 1.54) is 54.9 Å². The first kappa shape index (κ1) is 12.6. The Bertz CT molecular complexity index is 376. The Balaban J connectivity index is 1.41. The fourth-order valence-electron chi connectivity index (χ4n) is 2.86. The van der Waals surface area contributed by atoms with E-state index in [2.05, 4.69) is 29.3 Å². The second kappa shape index (κ2) is 5.72. The average molecular weight is 264 g/mol. The fourth-order valence-corrected chi connectivity index (χ4v) is 3.77. The van der Waals surface area contributed by atoms with Crippen LogP contribution in [0.3, 0.4) is 0 Å². The predicted octanol–water partition coefficient (Wildman–Crippen LogP) is 3.03. The molecule has 2 nitrogen and oxygen atoms in total. The molecule has 2 aliphatic rings. The zero-order valence-corrected chi connectivity index (χ0v) is 12.1. The maximum atomic E-state index is 3.74. The lowest BCUT2D eigenvalue weighted by atomic mass is 10.0. The van der Waals surface area contributed by atoms with Crippen molar-refractivity contribution in [2.45, 2.75) is 57.7 Å². The highest BCUT2D eigenvalue weighted by Gasteiger charge is 2.31. The van der Waals surface area contributed by atoms with Crippen LogP contribution in [0.2, 0.25) is 0 Å². The monoisotopic (exact) mass is 264 g/mol. The number of nitrogens with one attached hydrogen (secondary N) is 1. The van der Waals surface area contributed by atoms with E-state index >= 15 is 0 Å². The van der Waals surface area contributed by atoms with Crippen LogP contribution in [0.15, 0.2) is 12.1 Å². The smallest absolute Gasteiger partial charge is 0.0302 e. The Morgan fingerprint density at radius 2 is 1.89 bits per heavy atom. The van der Waals surface area contributed by atoms with E-state index in [1.807, 2.05) is 11.3 Å². The standard InChI is InChI=1S/C15H24N2S/c1-2-14-5-6-15(18-14)11-16-12-7-9-17(10-8-12)13-3-4-13/h5-6,12-13,16H,2-4,7-11H2,1H3. The first-order valence-corrected chi connectivity index (χ1v) is 8.22. The lowest BCUT2D eigenvalue weighted by Gasteiger charge is -2.32. The van der Waals surface area contributed by atoms with E-state index in [9.17, 15) is 0 Å². The Morgan fingerprint density at radius 1 is 1.17 bits per heavy atom. The maximum absolute atomic E-state index is 3.74. The molecule has 0 atom stereocenters. The highest BCUT2D eigenvalue weighted by Crippen LogP contribution is 2.29. The van der Waals surface area contributed by atoms with Crippen molar-refractivity contribution in [1.82, 2.24) is 10.2 Å². The van der Waals surface area contributed by atoms with Gasteiger partial charge in [-0.25, -0.2) is 0 Å². The van der Waals surface area contributed by atoms with Crippen LogP contribution >= 0.6 is 11.3 Å². The molecule has 2 fully saturated rings. The van der Waals surface area contributed by atoms with Crippen molar-refractivity contribution in [1.29, 1.82) is 0 Å². The van der Waals surface area contributed by atoms with Crippen LogP contribution in [0.5, 0.6) is 0 Å². The summed E-state index contributed by atoms with van der Waals surface area (Å²) in [5, 5.41) is 3.74. The molecule has 18 heavy (non-hydrogen) atoms. The molecule has 0 amide bonds. The summed E-state index contributed by atoms with van der Waals surface area (Å²) in [5.41, 5.74) is 0. The largest absolute Gasteiger partial charge is 0.309 e. The molecular weight excluding hydrogens is 240 g/mol. The van der Waals surface area contributed by atoms with Gasteiger partial charge in [-0.1, -0.05) is 6.92 Å². The highest BCUT2D eigenvalue weighted by atomic mass is 32.1. The number of piperidine rings is 1. The Kier molecular flexibility index (Phi) is 4.02. The van der Waals surface area contributed by atoms with E-state index in [4.69, 9.17) is 0 Å². The van der Waals surface area contributed by atoms with Gasteiger partial charge in [0.15, 0.2) is 0 Å². The SMILES string of the molecule is CCc1ccc(CNC2CCN(C3CC3)CC2)s1. The minimum Gasteiger partial charge on any atom is -0.309 e. The molecular formula is C15H24N2S. The minimum absolute atomic E-state index is 0.743. The van der Waals surface area contributed by atoms with E-state index in [1.54, 1.807) is 0 Å². The van der Waals surface area contributed by atoms with Gasteiger partial charge in [0.05, 0.1) is 0 Å². The molecule has 1 saturated heterocycles. The average Bonchev–Trinajstić information content (AvgIpc) is 3.16. The van der Waals surface area contributed by atoms with Crippen molar-refractivity contribution in [3.8, 4) is 0 Å². The normalized spacial score (nSPS) is 22.5. The van der Waals surface area contributed by atoms with Crippen molar-refractivity contribution >= 4 is 11.3 Å². The van der Waals surface area contributed by atoms with Gasteiger partial charge in [0.25, 0.3) is 0 Å². The predicted molar refractivity (Wildman–Crippen MR) is 78.2 cm³/mol. The zero-order chi connectivity index (χ0) is 12.4. The third kappa shape index (κ3) is 3.14. The molecule has 1 aliphatic heterocycles. The van der Waals surface area contributed by atoms with Gasteiger partial charge in [0, 0.05) is 28.4 Å². The van der Waals surface area contributed by atoms with Crippen molar-refractivity contribution in [3.63, 3.8) is 0 Å². The second-order valence-corrected chi connectivity index (χ2v) is 6.90. The van der Waals surface area contributed by atoms with Crippen LogP contribution in [0.4, 0.5) is 0 Å². The Hall–Kier alpha value is -0.380. The van der Waals surface area contributed by atoms with Crippen molar-refractivity contribution in [3.05, 3.63) is 21.9 Å². The zero-order valence-electron chi connectivity index (χ0n) is 11.3. The number of hydrogen-bond acceptors (Lipinski definition) is 3. The molecule has 3 heteroatoms. The molecule has 1 saturated carbocycles. The summed E-state index contributed by atoms with van der Waals surface area (Å²) in [6, 6.07) is 6.26. The summed E-state index contributed by atoms with van der Waals surface area (Å²) in [7, 11) is 0. The molecule has 0 spiro atoms. The summed E-state index contributed by atoms with van der Waals surface area (Å²) in [5.74, 6) is 0. The van der Waals surface area contributed by atoms with Gasteiger partial charge in [-0.05, 0) is 57.3 Å². The lowest BCUT2D eigenvalue weighted by Crippen LogP contribution is -2.42. The van der Waals surface area contributed by atoms with Crippen LogP contribution in [0.1, 0.15) is 42.4 Å². The number of aryl methyl sites for hydroxylation is 1. The number of nitrogens with zero attached hydrogens (tertiary/aromatic N) is 1. The summed E-state index contributed by atoms with van der Waals surface area (Å²) >= 11 is 1.96. The molecule has 0 aromatic carbocycles. The van der Waals surface area contributed by atoms with Gasteiger partial charge in [0.2, 0.25) is 0 Å². The Morgan fingerprint density at radius 3 is 2.50 bits per heavy atom. The number of likely N-dealkylation sites (tertiary alicyclic amines) is 1. The summed E-state index contributed by atoms with van der Waals surface area (Å²) in [6.07, 6.45) is 6.75. The van der Waals surface area contributed by atoms with Crippen LogP contribution in [0.25, 0.3) is 0 Å². The lowest BCUT2D eigenvalue weighted by molar-refractivity contribution is 0.189. The molecule has 2 heterocycles.